The van der Waals surface area contributed by atoms with Gasteiger partial charge in [0, 0.05) is 12.0 Å². The van der Waals surface area contributed by atoms with E-state index in [1.54, 1.807) is 0 Å². The van der Waals surface area contributed by atoms with E-state index in [-0.39, 0.29) is 5.41 Å². The molecular formula is C18H32N2O. The van der Waals surface area contributed by atoms with Crippen molar-refractivity contribution < 1.29 is 4.84 Å². The molecule has 0 amide bonds. The van der Waals surface area contributed by atoms with Crippen LogP contribution in [-0.2, 0) is 4.84 Å². The van der Waals surface area contributed by atoms with Gasteiger partial charge >= 0.3 is 0 Å². The fourth-order valence-electron chi connectivity index (χ4n) is 4.73. The molecule has 1 heterocycles. The zero-order chi connectivity index (χ0) is 14.9. The molecule has 0 aromatic carbocycles. The van der Waals surface area contributed by atoms with Gasteiger partial charge in [0.2, 0.25) is 0 Å². The second-order valence-corrected chi connectivity index (χ2v) is 8.12. The van der Waals surface area contributed by atoms with Crippen molar-refractivity contribution in [1.29, 1.82) is 0 Å². The molecule has 0 aromatic rings. The lowest BCUT2D eigenvalue weighted by Gasteiger charge is -2.34. The summed E-state index contributed by atoms with van der Waals surface area (Å²) in [6.07, 6.45) is 9.10. The number of nitrogens with zero attached hydrogens (tertiary/aromatic N) is 2. The van der Waals surface area contributed by atoms with E-state index in [0.29, 0.717) is 5.41 Å². The maximum absolute atomic E-state index is 5.68. The highest BCUT2D eigenvalue weighted by atomic mass is 16.6. The van der Waals surface area contributed by atoms with E-state index in [1.807, 2.05) is 0 Å². The van der Waals surface area contributed by atoms with Crippen LogP contribution < -0.4 is 0 Å². The summed E-state index contributed by atoms with van der Waals surface area (Å²) in [4.78, 5) is 8.25. The number of rotatable bonds is 5. The van der Waals surface area contributed by atoms with Crippen LogP contribution >= 0.6 is 0 Å². The van der Waals surface area contributed by atoms with Crippen molar-refractivity contribution in [2.75, 3.05) is 26.2 Å². The number of hydrogen-bond acceptors (Lipinski definition) is 3. The first-order valence-corrected chi connectivity index (χ1v) is 8.96. The predicted octanol–water partition coefficient (Wildman–Crippen LogP) is 4.08. The quantitative estimate of drug-likeness (QED) is 0.563. The Balaban J connectivity index is 1.43. The van der Waals surface area contributed by atoms with Crippen LogP contribution in [0.25, 0.3) is 0 Å². The van der Waals surface area contributed by atoms with Gasteiger partial charge < -0.3 is 9.74 Å². The van der Waals surface area contributed by atoms with E-state index in [0.717, 1.165) is 25.4 Å². The Morgan fingerprint density at radius 1 is 1.19 bits per heavy atom. The van der Waals surface area contributed by atoms with Gasteiger partial charge in [-0.1, -0.05) is 32.3 Å². The molecule has 0 spiro atoms. The normalized spacial score (nSPS) is 37.3. The van der Waals surface area contributed by atoms with Crippen LogP contribution in [0, 0.1) is 16.7 Å². The molecule has 2 bridgehead atoms. The fraction of sp³-hybridized carbons (Fsp3) is 0.944. The minimum Gasteiger partial charge on any atom is -0.396 e. The van der Waals surface area contributed by atoms with Gasteiger partial charge in [-0.2, -0.15) is 0 Å². The molecule has 2 atom stereocenters. The molecule has 21 heavy (non-hydrogen) atoms. The van der Waals surface area contributed by atoms with Gasteiger partial charge in [-0.25, -0.2) is 0 Å². The molecule has 1 saturated heterocycles. The van der Waals surface area contributed by atoms with E-state index in [1.165, 1.54) is 57.5 Å². The average Bonchev–Trinajstić information content (AvgIpc) is 2.81. The maximum atomic E-state index is 5.68. The minimum atomic E-state index is 0.282. The smallest absolute Gasteiger partial charge is 0.118 e. The van der Waals surface area contributed by atoms with Gasteiger partial charge in [0.05, 0.1) is 5.71 Å². The van der Waals surface area contributed by atoms with Crippen LogP contribution in [0.3, 0.4) is 0 Å². The van der Waals surface area contributed by atoms with Crippen LogP contribution in [0.4, 0.5) is 0 Å². The molecule has 3 aliphatic rings. The van der Waals surface area contributed by atoms with E-state index in [2.05, 4.69) is 30.8 Å². The third kappa shape index (κ3) is 2.74. The summed E-state index contributed by atoms with van der Waals surface area (Å²) in [5, 5.41) is 4.55. The van der Waals surface area contributed by atoms with E-state index in [4.69, 9.17) is 4.84 Å². The third-order valence-corrected chi connectivity index (χ3v) is 6.85. The fourth-order valence-corrected chi connectivity index (χ4v) is 4.73. The van der Waals surface area contributed by atoms with Gasteiger partial charge in [-0.05, 0) is 62.9 Å². The molecule has 1 aliphatic heterocycles. The molecule has 0 N–H and O–H groups in total. The summed E-state index contributed by atoms with van der Waals surface area (Å²) in [7, 11) is 0. The highest BCUT2D eigenvalue weighted by Crippen LogP contribution is 2.63. The Bertz CT molecular complexity index is 398. The Labute approximate surface area is 130 Å². The van der Waals surface area contributed by atoms with Gasteiger partial charge in [-0.15, -0.1) is 0 Å². The third-order valence-electron chi connectivity index (χ3n) is 6.85. The highest BCUT2D eigenvalue weighted by molar-refractivity contribution is 5.93. The summed E-state index contributed by atoms with van der Waals surface area (Å²) in [6, 6.07) is 0. The largest absolute Gasteiger partial charge is 0.396 e. The van der Waals surface area contributed by atoms with Gasteiger partial charge in [0.1, 0.15) is 6.61 Å². The Morgan fingerprint density at radius 2 is 1.95 bits per heavy atom. The molecular weight excluding hydrogens is 260 g/mol. The zero-order valence-corrected chi connectivity index (χ0v) is 14.2. The monoisotopic (exact) mass is 292 g/mol. The number of hydrogen-bond donors (Lipinski definition) is 0. The van der Waals surface area contributed by atoms with Gasteiger partial charge in [0.15, 0.2) is 0 Å². The number of likely N-dealkylation sites (tertiary alicyclic amines) is 1. The zero-order valence-electron chi connectivity index (χ0n) is 14.2. The number of piperidine rings is 1. The van der Waals surface area contributed by atoms with E-state index < -0.39 is 0 Å². The van der Waals surface area contributed by atoms with Crippen LogP contribution in [0.5, 0.6) is 0 Å². The number of oxime groups is 1. The molecule has 3 heteroatoms. The molecule has 2 aliphatic carbocycles. The van der Waals surface area contributed by atoms with Crippen LogP contribution in [-0.4, -0.2) is 36.9 Å². The summed E-state index contributed by atoms with van der Waals surface area (Å²) < 4.78 is 0. The molecule has 0 radical (unpaired) electrons. The Hall–Kier alpha value is -0.570. The van der Waals surface area contributed by atoms with Gasteiger partial charge in [0.25, 0.3) is 0 Å². The summed E-state index contributed by atoms with van der Waals surface area (Å²) in [6.45, 7) is 11.8. The van der Waals surface area contributed by atoms with Crippen LogP contribution in [0.2, 0.25) is 0 Å². The highest BCUT2D eigenvalue weighted by Gasteiger charge is 2.60. The second kappa shape index (κ2) is 5.91. The van der Waals surface area contributed by atoms with Gasteiger partial charge in [-0.3, -0.25) is 0 Å². The van der Waals surface area contributed by atoms with Crippen molar-refractivity contribution in [2.24, 2.45) is 21.9 Å². The number of fused-ring (bicyclic) bond motifs is 2. The van der Waals surface area contributed by atoms with Crippen molar-refractivity contribution in [3.8, 4) is 0 Å². The lowest BCUT2D eigenvalue weighted by Crippen LogP contribution is -2.32. The van der Waals surface area contributed by atoms with Crippen molar-refractivity contribution in [3.05, 3.63) is 0 Å². The predicted molar refractivity (Wildman–Crippen MR) is 87.5 cm³/mol. The van der Waals surface area contributed by atoms with Crippen molar-refractivity contribution in [2.45, 2.75) is 65.7 Å². The molecule has 3 fully saturated rings. The molecule has 3 nitrogen and oxygen atoms in total. The summed E-state index contributed by atoms with van der Waals surface area (Å²) in [5.74, 6) is 0.818. The van der Waals surface area contributed by atoms with Crippen LogP contribution in [0.1, 0.15) is 65.7 Å². The summed E-state index contributed by atoms with van der Waals surface area (Å²) >= 11 is 0. The van der Waals surface area contributed by atoms with E-state index in [9.17, 15) is 0 Å². The first-order valence-electron chi connectivity index (χ1n) is 8.96. The maximum Gasteiger partial charge on any atom is 0.118 e. The molecule has 2 saturated carbocycles. The first-order chi connectivity index (χ1) is 10.0. The van der Waals surface area contributed by atoms with Crippen molar-refractivity contribution in [3.63, 3.8) is 0 Å². The molecule has 0 aromatic heterocycles. The summed E-state index contributed by atoms with van der Waals surface area (Å²) in [5.41, 5.74) is 2.02. The first kappa shape index (κ1) is 15.3. The Kier molecular flexibility index (Phi) is 4.31. The molecule has 120 valence electrons. The minimum absolute atomic E-state index is 0.282. The standard InChI is InChI=1S/C18H32N2O/c1-17(2)15-8-9-18(17,3)16(14-15)19-21-13-7-12-20-10-5-4-6-11-20/h15H,4-14H2,1-3H3/b19-16+/t15-,18+/m1/s1. The van der Waals surface area contributed by atoms with Crippen molar-refractivity contribution in [1.82, 2.24) is 4.90 Å². The molecule has 3 rings (SSSR count). The SMILES string of the molecule is CC1(C)[C@@H]2CC[C@@]1(C)/C(=N/OCCCN1CCCCC1)C2. The van der Waals surface area contributed by atoms with Crippen LogP contribution in [0.15, 0.2) is 5.16 Å². The average molecular weight is 292 g/mol. The lowest BCUT2D eigenvalue weighted by molar-refractivity contribution is 0.119. The van der Waals surface area contributed by atoms with Crippen molar-refractivity contribution >= 4 is 5.71 Å². The second-order valence-electron chi connectivity index (χ2n) is 8.12. The molecule has 0 unspecified atom stereocenters. The van der Waals surface area contributed by atoms with E-state index >= 15 is 0 Å². The lowest BCUT2D eigenvalue weighted by atomic mass is 9.70. The Morgan fingerprint density at radius 3 is 2.57 bits per heavy atom. The topological polar surface area (TPSA) is 24.8 Å².